The highest BCUT2D eigenvalue weighted by Crippen LogP contribution is 2.32. The summed E-state index contributed by atoms with van der Waals surface area (Å²) in [6.45, 7) is 1.17. The number of aliphatic hydroxyl groups is 1. The van der Waals surface area contributed by atoms with Crippen molar-refractivity contribution in [1.29, 1.82) is 0 Å². The van der Waals surface area contributed by atoms with Crippen molar-refractivity contribution in [2.24, 2.45) is 0 Å². The predicted molar refractivity (Wildman–Crippen MR) is 104 cm³/mol. The van der Waals surface area contributed by atoms with E-state index in [4.69, 9.17) is 9.47 Å². The number of hydrogen-bond acceptors (Lipinski definition) is 6. The maximum Gasteiger partial charge on any atom is 0.132 e. The Morgan fingerprint density at radius 3 is 2.96 bits per heavy atom. The normalized spacial score (nSPS) is 17.9. The lowest BCUT2D eigenvalue weighted by molar-refractivity contribution is 0.183. The Kier molecular flexibility index (Phi) is 6.93. The number of rotatable bonds is 7. The van der Waals surface area contributed by atoms with E-state index in [0.29, 0.717) is 18.9 Å². The van der Waals surface area contributed by atoms with Crippen molar-refractivity contribution in [3.8, 4) is 11.5 Å². The lowest BCUT2D eigenvalue weighted by Crippen LogP contribution is -2.41. The van der Waals surface area contributed by atoms with Crippen molar-refractivity contribution in [2.75, 3.05) is 31.8 Å². The van der Waals surface area contributed by atoms with Crippen molar-refractivity contribution < 1.29 is 14.6 Å². The van der Waals surface area contributed by atoms with Gasteiger partial charge in [0.05, 0.1) is 19.3 Å². The van der Waals surface area contributed by atoms with Gasteiger partial charge in [0.15, 0.2) is 0 Å². The fourth-order valence-electron chi connectivity index (χ4n) is 2.52. The van der Waals surface area contributed by atoms with Gasteiger partial charge in [-0.25, -0.2) is 0 Å². The van der Waals surface area contributed by atoms with E-state index in [-0.39, 0.29) is 6.04 Å². The van der Waals surface area contributed by atoms with Crippen LogP contribution in [0.3, 0.4) is 0 Å². The molecule has 2 aromatic rings. The molecule has 0 aliphatic carbocycles. The third-order valence-electron chi connectivity index (χ3n) is 3.87. The van der Waals surface area contributed by atoms with Crippen LogP contribution in [0.2, 0.25) is 0 Å². The Morgan fingerprint density at radius 1 is 1.28 bits per heavy atom. The number of methoxy groups -OCH3 is 1. The van der Waals surface area contributed by atoms with Crippen LogP contribution in [0, 0.1) is 0 Å². The molecule has 2 aromatic carbocycles. The number of para-hydroxylation sites is 2. The maximum absolute atomic E-state index is 10.3. The molecule has 2 atom stereocenters. The van der Waals surface area contributed by atoms with Crippen LogP contribution >= 0.6 is 23.5 Å². The van der Waals surface area contributed by atoms with Gasteiger partial charge in [-0.3, -0.25) is 0 Å². The fourth-order valence-corrected chi connectivity index (χ4v) is 4.52. The van der Waals surface area contributed by atoms with Crippen molar-refractivity contribution in [3.05, 3.63) is 48.5 Å². The Hall–Kier alpha value is -1.34. The molecule has 3 rings (SSSR count). The van der Waals surface area contributed by atoms with Gasteiger partial charge in [-0.15, -0.1) is 23.5 Å². The molecule has 2 unspecified atom stereocenters. The van der Waals surface area contributed by atoms with E-state index in [0.717, 1.165) is 22.1 Å². The van der Waals surface area contributed by atoms with Crippen molar-refractivity contribution >= 4 is 23.5 Å². The van der Waals surface area contributed by atoms with Crippen LogP contribution in [0.25, 0.3) is 0 Å². The molecule has 0 spiro atoms. The van der Waals surface area contributed by atoms with Crippen LogP contribution in [0.15, 0.2) is 58.3 Å². The molecule has 25 heavy (non-hydrogen) atoms. The molecule has 134 valence electrons. The van der Waals surface area contributed by atoms with E-state index in [1.807, 2.05) is 42.5 Å². The number of benzene rings is 2. The molecule has 0 saturated carbocycles. The Labute approximate surface area is 157 Å². The first-order valence-electron chi connectivity index (χ1n) is 8.28. The monoisotopic (exact) mass is 377 g/mol. The van der Waals surface area contributed by atoms with Crippen molar-refractivity contribution in [1.82, 2.24) is 5.32 Å². The molecule has 1 heterocycles. The summed E-state index contributed by atoms with van der Waals surface area (Å²) in [7, 11) is 1.67. The Balaban J connectivity index is 1.43. The third kappa shape index (κ3) is 5.31. The SMILES string of the molecule is COc1ccccc1SCC(O)CNC1COc2ccccc2SC1. The number of fused-ring (bicyclic) bond motifs is 1. The summed E-state index contributed by atoms with van der Waals surface area (Å²) in [4.78, 5) is 2.23. The van der Waals surface area contributed by atoms with Gasteiger partial charge in [0.1, 0.15) is 18.1 Å². The van der Waals surface area contributed by atoms with Crippen LogP contribution < -0.4 is 14.8 Å². The topological polar surface area (TPSA) is 50.7 Å². The van der Waals surface area contributed by atoms with Crippen LogP contribution in [0.5, 0.6) is 11.5 Å². The second kappa shape index (κ2) is 9.38. The number of hydrogen-bond donors (Lipinski definition) is 2. The van der Waals surface area contributed by atoms with Gasteiger partial charge in [0.2, 0.25) is 0 Å². The molecule has 1 aliphatic rings. The van der Waals surface area contributed by atoms with Gasteiger partial charge in [0.25, 0.3) is 0 Å². The van der Waals surface area contributed by atoms with Crippen molar-refractivity contribution in [3.63, 3.8) is 0 Å². The summed E-state index contributed by atoms with van der Waals surface area (Å²) in [5, 5.41) is 13.7. The molecule has 0 fully saturated rings. The average molecular weight is 378 g/mol. The van der Waals surface area contributed by atoms with Gasteiger partial charge in [-0.2, -0.15) is 0 Å². The molecule has 2 N–H and O–H groups in total. The highest BCUT2D eigenvalue weighted by atomic mass is 32.2. The highest BCUT2D eigenvalue weighted by Gasteiger charge is 2.18. The smallest absolute Gasteiger partial charge is 0.132 e. The molecule has 0 aromatic heterocycles. The summed E-state index contributed by atoms with van der Waals surface area (Å²) < 4.78 is 11.2. The van der Waals surface area contributed by atoms with Gasteiger partial charge < -0.3 is 19.9 Å². The minimum Gasteiger partial charge on any atom is -0.496 e. The Morgan fingerprint density at radius 2 is 2.08 bits per heavy atom. The molecule has 4 nitrogen and oxygen atoms in total. The molecule has 6 heteroatoms. The Bertz CT molecular complexity index is 656. The number of aliphatic hydroxyl groups excluding tert-OH is 1. The molecule has 1 aliphatic heterocycles. The standard InChI is InChI=1S/C19H23NO3S2/c1-22-16-6-2-4-8-18(16)25-13-15(21)10-20-14-11-23-17-7-3-5-9-19(17)24-12-14/h2-9,14-15,20-21H,10-13H2,1H3. The van der Waals surface area contributed by atoms with Gasteiger partial charge in [0, 0.05) is 27.8 Å². The fraction of sp³-hybridized carbons (Fsp3) is 0.368. The van der Waals surface area contributed by atoms with E-state index in [2.05, 4.69) is 11.4 Å². The molecule has 0 bridgehead atoms. The van der Waals surface area contributed by atoms with Crippen LogP contribution in [0.1, 0.15) is 0 Å². The number of nitrogens with one attached hydrogen (secondary N) is 1. The van der Waals surface area contributed by atoms with Crippen LogP contribution in [0.4, 0.5) is 0 Å². The maximum atomic E-state index is 10.3. The zero-order valence-corrected chi connectivity index (χ0v) is 15.8. The van der Waals surface area contributed by atoms with E-state index in [1.54, 1.807) is 30.6 Å². The van der Waals surface area contributed by atoms with E-state index < -0.39 is 6.10 Å². The van der Waals surface area contributed by atoms with E-state index in [9.17, 15) is 5.11 Å². The first kappa shape index (κ1) is 18.5. The summed E-state index contributed by atoms with van der Waals surface area (Å²) in [6.07, 6.45) is -0.425. The third-order valence-corrected chi connectivity index (χ3v) is 6.29. The number of ether oxygens (including phenoxy) is 2. The largest absolute Gasteiger partial charge is 0.496 e. The lowest BCUT2D eigenvalue weighted by atomic mass is 10.3. The molecular weight excluding hydrogens is 354 g/mol. The first-order valence-corrected chi connectivity index (χ1v) is 10.3. The van der Waals surface area contributed by atoms with Gasteiger partial charge in [-0.1, -0.05) is 24.3 Å². The quantitative estimate of drug-likeness (QED) is 0.722. The van der Waals surface area contributed by atoms with E-state index in [1.165, 1.54) is 4.90 Å². The lowest BCUT2D eigenvalue weighted by Gasteiger charge is -2.18. The van der Waals surface area contributed by atoms with Gasteiger partial charge in [-0.05, 0) is 24.3 Å². The second-order valence-electron chi connectivity index (χ2n) is 5.79. The van der Waals surface area contributed by atoms with Crippen molar-refractivity contribution in [2.45, 2.75) is 21.9 Å². The number of thioether (sulfide) groups is 2. The molecule has 0 saturated heterocycles. The molecular formula is C19H23NO3S2. The minimum atomic E-state index is -0.425. The second-order valence-corrected chi connectivity index (χ2v) is 7.91. The highest BCUT2D eigenvalue weighted by molar-refractivity contribution is 7.99. The predicted octanol–water partition coefficient (Wildman–Crippen LogP) is 3.29. The van der Waals surface area contributed by atoms with Crippen LogP contribution in [-0.2, 0) is 0 Å². The summed E-state index contributed by atoms with van der Waals surface area (Å²) in [5.74, 6) is 3.35. The van der Waals surface area contributed by atoms with Gasteiger partial charge >= 0.3 is 0 Å². The zero-order valence-electron chi connectivity index (χ0n) is 14.2. The average Bonchev–Trinajstić information content (AvgIpc) is 2.87. The van der Waals surface area contributed by atoms with Crippen LogP contribution in [-0.4, -0.2) is 49.0 Å². The first-order chi connectivity index (χ1) is 12.3. The molecule has 0 radical (unpaired) electrons. The minimum absolute atomic E-state index is 0.225. The molecule has 0 amide bonds. The summed E-state index contributed by atoms with van der Waals surface area (Å²) >= 11 is 3.40. The summed E-state index contributed by atoms with van der Waals surface area (Å²) in [6, 6.07) is 16.2. The summed E-state index contributed by atoms with van der Waals surface area (Å²) in [5.41, 5.74) is 0. The van der Waals surface area contributed by atoms with E-state index >= 15 is 0 Å². The zero-order chi connectivity index (χ0) is 17.5.